The number of nitrogens with zero attached hydrogens (tertiary/aromatic N) is 1. The molecule has 0 bridgehead atoms. The lowest BCUT2D eigenvalue weighted by Gasteiger charge is -2.52. The molecule has 142 valence electrons. The van der Waals surface area contributed by atoms with Gasteiger partial charge in [-0.05, 0) is 98.1 Å². The second-order valence-electron chi connectivity index (χ2n) is 9.29. The fourth-order valence-electron chi connectivity index (χ4n) is 6.68. The molecule has 4 aliphatic rings. The minimum absolute atomic E-state index is 0.00432. The van der Waals surface area contributed by atoms with Gasteiger partial charge in [-0.2, -0.15) is 0 Å². The van der Waals surface area contributed by atoms with Gasteiger partial charge in [0, 0.05) is 11.6 Å². The van der Waals surface area contributed by atoms with Crippen LogP contribution < -0.4 is 0 Å². The van der Waals surface area contributed by atoms with E-state index in [1.807, 2.05) is 36.5 Å². The molecular weight excluding hydrogens is 334 g/mol. The Morgan fingerprint density at radius 3 is 2.93 bits per heavy atom. The summed E-state index contributed by atoms with van der Waals surface area (Å²) in [7, 11) is 0. The standard InChI is InChI=1S/C24H29NO2/c1-24-10-9-20-19-8-6-18(26)13-15(19)5-7-21(20)22(24)14-16(23(24)27)12-17-4-2-3-11-25-17/h2-4,6,11-13,19-23,26-27H,5,7-10,14H2,1H3/b16-12+/t19?,20?,21?,22?,23-,24-/m0/s1. The lowest BCUT2D eigenvalue weighted by Crippen LogP contribution is -2.47. The van der Waals surface area contributed by atoms with Crippen LogP contribution in [0.2, 0.25) is 0 Å². The van der Waals surface area contributed by atoms with Crippen molar-refractivity contribution < 1.29 is 10.2 Å². The number of fused-ring (bicyclic) bond motifs is 5. The van der Waals surface area contributed by atoms with Crippen LogP contribution in [-0.4, -0.2) is 21.3 Å². The average Bonchev–Trinajstić information content (AvgIpc) is 2.93. The first-order valence-electron chi connectivity index (χ1n) is 10.5. The third kappa shape index (κ3) is 2.70. The maximum Gasteiger partial charge on any atom is 0.111 e. The Morgan fingerprint density at radius 1 is 1.22 bits per heavy atom. The van der Waals surface area contributed by atoms with Crippen LogP contribution in [0.4, 0.5) is 0 Å². The van der Waals surface area contributed by atoms with Crippen LogP contribution in [0.1, 0.15) is 51.1 Å². The van der Waals surface area contributed by atoms with Gasteiger partial charge in [0.15, 0.2) is 0 Å². The Balaban J connectivity index is 1.44. The molecule has 6 atom stereocenters. The van der Waals surface area contributed by atoms with Gasteiger partial charge in [-0.15, -0.1) is 0 Å². The minimum Gasteiger partial charge on any atom is -0.508 e. The van der Waals surface area contributed by atoms with Crippen molar-refractivity contribution in [2.75, 3.05) is 0 Å². The maximum atomic E-state index is 11.2. The Kier molecular flexibility index (Phi) is 4.05. The summed E-state index contributed by atoms with van der Waals surface area (Å²) >= 11 is 0. The normalized spacial score (nSPS) is 42.0. The van der Waals surface area contributed by atoms with Crippen molar-refractivity contribution in [1.82, 2.24) is 4.98 Å². The highest BCUT2D eigenvalue weighted by molar-refractivity contribution is 5.52. The van der Waals surface area contributed by atoms with Crippen LogP contribution in [0.25, 0.3) is 6.08 Å². The highest BCUT2D eigenvalue weighted by Gasteiger charge is 2.57. The topological polar surface area (TPSA) is 53.4 Å². The van der Waals surface area contributed by atoms with Gasteiger partial charge in [0.2, 0.25) is 0 Å². The zero-order valence-electron chi connectivity index (χ0n) is 16.0. The minimum atomic E-state index is -0.349. The van der Waals surface area contributed by atoms with Crippen LogP contribution in [0, 0.1) is 29.1 Å². The van der Waals surface area contributed by atoms with Gasteiger partial charge in [-0.1, -0.05) is 18.6 Å². The van der Waals surface area contributed by atoms with Crippen LogP contribution in [0.3, 0.4) is 0 Å². The quantitative estimate of drug-likeness (QED) is 0.733. The molecule has 0 saturated heterocycles. The molecule has 27 heavy (non-hydrogen) atoms. The van der Waals surface area contributed by atoms with E-state index in [1.54, 1.807) is 0 Å². The van der Waals surface area contributed by atoms with E-state index in [1.165, 1.54) is 24.0 Å². The molecule has 2 N–H and O–H groups in total. The van der Waals surface area contributed by atoms with Gasteiger partial charge >= 0.3 is 0 Å². The number of aliphatic hydroxyl groups excluding tert-OH is 2. The summed E-state index contributed by atoms with van der Waals surface area (Å²) in [6.45, 7) is 2.32. The predicted molar refractivity (Wildman–Crippen MR) is 107 cm³/mol. The number of rotatable bonds is 1. The molecule has 0 aromatic carbocycles. The second-order valence-corrected chi connectivity index (χ2v) is 9.29. The van der Waals surface area contributed by atoms with Gasteiger partial charge in [-0.3, -0.25) is 4.98 Å². The van der Waals surface area contributed by atoms with E-state index in [2.05, 4.69) is 18.0 Å². The van der Waals surface area contributed by atoms with Crippen LogP contribution >= 0.6 is 0 Å². The Labute approximate surface area is 161 Å². The van der Waals surface area contributed by atoms with E-state index in [9.17, 15) is 10.2 Å². The summed E-state index contributed by atoms with van der Waals surface area (Å²) in [5.74, 6) is 3.00. The van der Waals surface area contributed by atoms with E-state index < -0.39 is 0 Å². The molecule has 3 saturated carbocycles. The molecule has 4 unspecified atom stereocenters. The summed E-state index contributed by atoms with van der Waals surface area (Å²) < 4.78 is 0. The number of hydrogen-bond acceptors (Lipinski definition) is 3. The van der Waals surface area contributed by atoms with Crippen LogP contribution in [0.5, 0.6) is 0 Å². The largest absolute Gasteiger partial charge is 0.508 e. The molecule has 3 nitrogen and oxygen atoms in total. The second kappa shape index (κ2) is 6.34. The molecule has 1 heterocycles. The third-order valence-electron chi connectivity index (χ3n) is 8.06. The number of allylic oxidation sites excluding steroid dienone is 3. The van der Waals surface area contributed by atoms with Gasteiger partial charge < -0.3 is 10.2 Å². The first-order chi connectivity index (χ1) is 13.1. The monoisotopic (exact) mass is 363 g/mol. The number of hydrogen-bond donors (Lipinski definition) is 2. The van der Waals surface area contributed by atoms with E-state index >= 15 is 0 Å². The molecule has 0 spiro atoms. The van der Waals surface area contributed by atoms with Crippen molar-refractivity contribution in [3.63, 3.8) is 0 Å². The highest BCUT2D eigenvalue weighted by atomic mass is 16.3. The van der Waals surface area contributed by atoms with Crippen molar-refractivity contribution >= 4 is 6.08 Å². The smallest absolute Gasteiger partial charge is 0.111 e. The van der Waals surface area contributed by atoms with Crippen LogP contribution in [-0.2, 0) is 0 Å². The molecule has 0 aliphatic heterocycles. The van der Waals surface area contributed by atoms with Gasteiger partial charge in [-0.25, -0.2) is 0 Å². The molecule has 3 heteroatoms. The number of aliphatic hydroxyl groups is 2. The molecule has 5 rings (SSSR count). The average molecular weight is 364 g/mol. The molecule has 1 aromatic heterocycles. The fourth-order valence-corrected chi connectivity index (χ4v) is 6.68. The summed E-state index contributed by atoms with van der Waals surface area (Å²) in [5.41, 5.74) is 3.58. The van der Waals surface area contributed by atoms with Crippen molar-refractivity contribution in [1.29, 1.82) is 0 Å². The molecule has 1 aromatic rings. The van der Waals surface area contributed by atoms with Gasteiger partial charge in [0.1, 0.15) is 5.76 Å². The Bertz CT molecular complexity index is 824. The number of aromatic nitrogens is 1. The first-order valence-corrected chi connectivity index (χ1v) is 10.5. The van der Waals surface area contributed by atoms with Crippen molar-refractivity contribution in [2.45, 2.75) is 51.6 Å². The van der Waals surface area contributed by atoms with Gasteiger partial charge in [0.25, 0.3) is 0 Å². The van der Waals surface area contributed by atoms with Crippen molar-refractivity contribution in [3.8, 4) is 0 Å². The lowest BCUT2D eigenvalue weighted by molar-refractivity contribution is -0.0476. The fraction of sp³-hybridized carbons (Fsp3) is 0.542. The maximum absolute atomic E-state index is 11.2. The zero-order chi connectivity index (χ0) is 18.6. The van der Waals surface area contributed by atoms with Crippen LogP contribution in [0.15, 0.2) is 53.5 Å². The SMILES string of the molecule is C[C@]12CCC3C4CC=C(O)C=C4CCC3C1C/C(=C\c1ccccn1)[C@@H]2O. The Hall–Kier alpha value is -1.87. The summed E-state index contributed by atoms with van der Waals surface area (Å²) in [4.78, 5) is 4.43. The van der Waals surface area contributed by atoms with E-state index in [4.69, 9.17) is 0 Å². The summed E-state index contributed by atoms with van der Waals surface area (Å²) in [6, 6.07) is 5.96. The van der Waals surface area contributed by atoms with Crippen molar-refractivity contribution in [2.24, 2.45) is 29.1 Å². The molecular formula is C24H29NO2. The lowest BCUT2D eigenvalue weighted by atomic mass is 9.52. The summed E-state index contributed by atoms with van der Waals surface area (Å²) in [6.07, 6.45) is 14.2. The third-order valence-corrected chi connectivity index (χ3v) is 8.06. The van der Waals surface area contributed by atoms with Crippen molar-refractivity contribution in [3.05, 3.63) is 59.1 Å². The Morgan fingerprint density at radius 2 is 2.11 bits per heavy atom. The van der Waals surface area contributed by atoms with E-state index in [0.717, 1.165) is 31.4 Å². The first kappa shape index (κ1) is 17.2. The highest BCUT2D eigenvalue weighted by Crippen LogP contribution is 2.62. The zero-order valence-corrected chi connectivity index (χ0v) is 16.0. The molecule has 0 amide bonds. The number of pyridine rings is 1. The van der Waals surface area contributed by atoms with Gasteiger partial charge in [0.05, 0.1) is 11.8 Å². The molecule has 0 radical (unpaired) electrons. The molecule has 4 aliphatic carbocycles. The van der Waals surface area contributed by atoms with E-state index in [0.29, 0.717) is 29.4 Å². The predicted octanol–water partition coefficient (Wildman–Crippen LogP) is 5.06. The summed E-state index contributed by atoms with van der Waals surface area (Å²) in [5, 5.41) is 21.1. The van der Waals surface area contributed by atoms with E-state index in [-0.39, 0.29) is 11.5 Å². The molecule has 3 fully saturated rings.